The molecule has 28 heavy (non-hydrogen) atoms. The van der Waals surface area contributed by atoms with Gasteiger partial charge in [-0.25, -0.2) is 0 Å². The van der Waals surface area contributed by atoms with E-state index in [1.807, 2.05) is 30.3 Å². The van der Waals surface area contributed by atoms with Crippen molar-refractivity contribution >= 4 is 20.9 Å². The van der Waals surface area contributed by atoms with Gasteiger partial charge in [0, 0.05) is 18.6 Å². The fourth-order valence-corrected chi connectivity index (χ4v) is 8.47. The Balaban J connectivity index is 2.46. The molecule has 0 fully saturated rings. The molecule has 1 aliphatic heterocycles. The lowest BCUT2D eigenvalue weighted by atomic mass is 10.1. The number of nitrogens with zero attached hydrogens (tertiary/aromatic N) is 1. The molecule has 0 radical (unpaired) electrons. The molecule has 0 bridgehead atoms. The van der Waals surface area contributed by atoms with Gasteiger partial charge in [-0.05, 0) is 33.3 Å². The van der Waals surface area contributed by atoms with Gasteiger partial charge in [0.05, 0.1) is 26.4 Å². The van der Waals surface area contributed by atoms with Crippen molar-refractivity contribution in [2.75, 3.05) is 26.4 Å². The van der Waals surface area contributed by atoms with Gasteiger partial charge in [0.15, 0.2) is 0 Å². The molecule has 0 unspecified atom stereocenters. The van der Waals surface area contributed by atoms with Crippen LogP contribution in [0.5, 0.6) is 0 Å². The Morgan fingerprint density at radius 1 is 0.893 bits per heavy atom. The first kappa shape index (κ1) is 23.3. The fourth-order valence-electron chi connectivity index (χ4n) is 3.11. The number of hydrogen-bond acceptors (Lipinski definition) is 8. The molecule has 0 saturated carbocycles. The first-order chi connectivity index (χ1) is 13.4. The lowest BCUT2D eigenvalue weighted by Gasteiger charge is -2.38. The average molecular weight is 432 g/mol. The molecule has 1 heterocycles. The van der Waals surface area contributed by atoms with E-state index in [1.54, 1.807) is 27.7 Å². The minimum atomic E-state index is -3.96. The summed E-state index contributed by atoms with van der Waals surface area (Å²) in [6.45, 7) is 7.28. The van der Waals surface area contributed by atoms with Crippen molar-refractivity contribution in [2.45, 2.75) is 45.6 Å². The van der Waals surface area contributed by atoms with Crippen LogP contribution >= 0.6 is 15.2 Å². The molecule has 0 atom stereocenters. The number of benzene rings is 1. The predicted octanol–water partition coefficient (Wildman–Crippen LogP) is 4.76. The lowest BCUT2D eigenvalue weighted by molar-refractivity contribution is 0.172. The molecule has 10 heteroatoms. The van der Waals surface area contributed by atoms with Gasteiger partial charge in [-0.3, -0.25) is 14.6 Å². The van der Waals surface area contributed by atoms with Crippen molar-refractivity contribution in [3.05, 3.63) is 35.9 Å². The van der Waals surface area contributed by atoms with Crippen LogP contribution < -0.4 is 5.43 Å². The Hall–Kier alpha value is -1.01. The Morgan fingerprint density at radius 2 is 1.36 bits per heavy atom. The van der Waals surface area contributed by atoms with E-state index in [-0.39, 0.29) is 32.8 Å². The molecule has 0 spiro atoms. The van der Waals surface area contributed by atoms with Gasteiger partial charge in [-0.2, -0.15) is 5.10 Å². The maximum atomic E-state index is 13.8. The van der Waals surface area contributed by atoms with Crippen LogP contribution in [-0.2, 0) is 33.6 Å². The summed E-state index contributed by atoms with van der Waals surface area (Å²) in [5, 5.41) is 2.63. The van der Waals surface area contributed by atoms with E-state index in [9.17, 15) is 9.13 Å². The Kier molecular flexibility index (Phi) is 8.44. The topological polar surface area (TPSA) is 95.5 Å². The van der Waals surface area contributed by atoms with Crippen LogP contribution in [0.15, 0.2) is 35.4 Å². The van der Waals surface area contributed by atoms with Crippen LogP contribution in [0.25, 0.3) is 0 Å². The van der Waals surface area contributed by atoms with Gasteiger partial charge in [0.2, 0.25) is 0 Å². The molecule has 1 N–H and O–H groups in total. The zero-order valence-electron chi connectivity index (χ0n) is 16.9. The van der Waals surface area contributed by atoms with Gasteiger partial charge in [-0.1, -0.05) is 30.3 Å². The summed E-state index contributed by atoms with van der Waals surface area (Å²) in [6, 6.07) is 9.74. The first-order valence-electron chi connectivity index (χ1n) is 9.55. The Bertz CT molecular complexity index is 706. The lowest BCUT2D eigenvalue weighted by Crippen LogP contribution is -2.41. The van der Waals surface area contributed by atoms with Gasteiger partial charge < -0.3 is 18.1 Å². The largest absolute Gasteiger partial charge is 0.370 e. The van der Waals surface area contributed by atoms with Gasteiger partial charge in [0.25, 0.3) is 5.02 Å². The normalized spacial score (nSPS) is 16.6. The first-order valence-corrected chi connectivity index (χ1v) is 12.6. The highest BCUT2D eigenvalue weighted by molar-refractivity contribution is 7.74. The molecule has 1 aromatic rings. The predicted molar refractivity (Wildman–Crippen MR) is 110 cm³/mol. The summed E-state index contributed by atoms with van der Waals surface area (Å²) in [4.78, 5) is 0. The van der Waals surface area contributed by atoms with Crippen molar-refractivity contribution in [3.63, 3.8) is 0 Å². The third-order valence-corrected chi connectivity index (χ3v) is 10.4. The SMILES string of the molecule is CCOP(=O)(OCC)C1(P(=O)(OCC)OCC)CC(Cc2ccccc2)=NN1. The molecule has 2 rings (SSSR count). The maximum Gasteiger partial charge on any atom is 0.370 e. The molecular formula is C18H30N2O6P2. The molecule has 0 saturated heterocycles. The summed E-state index contributed by atoms with van der Waals surface area (Å²) in [6.07, 6.45) is 0.572. The molecule has 1 aromatic carbocycles. The Labute approximate surface area is 167 Å². The summed E-state index contributed by atoms with van der Waals surface area (Å²) in [5.74, 6) is 0. The van der Waals surface area contributed by atoms with E-state index < -0.39 is 20.2 Å². The summed E-state index contributed by atoms with van der Waals surface area (Å²) < 4.78 is 49.9. The standard InChI is InChI=1S/C18H30N2O6P2/c1-5-23-27(21,24-6-2)18(28(22,25-7-3)26-8-4)15-17(19-20-18)14-16-12-10-9-11-13-16/h9-13,20H,5-8,14-15H2,1-4H3. The molecule has 0 amide bonds. The average Bonchev–Trinajstić information content (AvgIpc) is 3.10. The minimum absolute atomic E-state index is 0.0659. The van der Waals surface area contributed by atoms with Crippen molar-refractivity contribution < 1.29 is 27.2 Å². The number of rotatable bonds is 12. The molecule has 0 aromatic heterocycles. The highest BCUT2D eigenvalue weighted by Gasteiger charge is 2.68. The third kappa shape index (κ3) is 4.59. The molecular weight excluding hydrogens is 402 g/mol. The smallest absolute Gasteiger partial charge is 0.307 e. The Morgan fingerprint density at radius 3 is 1.79 bits per heavy atom. The van der Waals surface area contributed by atoms with E-state index in [0.717, 1.165) is 5.56 Å². The highest BCUT2D eigenvalue weighted by Crippen LogP contribution is 2.78. The highest BCUT2D eigenvalue weighted by atomic mass is 31.2. The molecule has 1 aliphatic rings. The van der Waals surface area contributed by atoms with Crippen LogP contribution in [0.1, 0.15) is 39.7 Å². The zero-order valence-corrected chi connectivity index (χ0v) is 18.7. The van der Waals surface area contributed by atoms with Crippen molar-refractivity contribution in [3.8, 4) is 0 Å². The zero-order chi connectivity index (χ0) is 20.7. The van der Waals surface area contributed by atoms with Crippen molar-refractivity contribution in [1.29, 1.82) is 0 Å². The number of hydrogen-bond donors (Lipinski definition) is 1. The van der Waals surface area contributed by atoms with Gasteiger partial charge in [0.1, 0.15) is 0 Å². The number of nitrogens with one attached hydrogen (secondary N) is 1. The van der Waals surface area contributed by atoms with E-state index in [0.29, 0.717) is 12.1 Å². The summed E-state index contributed by atoms with van der Waals surface area (Å²) >= 11 is 0. The van der Waals surface area contributed by atoms with Gasteiger partial charge >= 0.3 is 15.2 Å². The summed E-state index contributed by atoms with van der Waals surface area (Å²) in [5.41, 5.74) is 4.53. The number of hydrazone groups is 1. The van der Waals surface area contributed by atoms with Crippen LogP contribution in [0.4, 0.5) is 0 Å². The van der Waals surface area contributed by atoms with E-state index >= 15 is 0 Å². The minimum Gasteiger partial charge on any atom is -0.307 e. The van der Waals surface area contributed by atoms with Crippen LogP contribution in [0, 0.1) is 0 Å². The fraction of sp³-hybridized carbons (Fsp3) is 0.611. The van der Waals surface area contributed by atoms with E-state index in [1.165, 1.54) is 0 Å². The molecule has 8 nitrogen and oxygen atoms in total. The maximum absolute atomic E-state index is 13.8. The second-order valence-electron chi connectivity index (χ2n) is 6.11. The molecule has 0 aliphatic carbocycles. The second-order valence-corrected chi connectivity index (χ2v) is 11.0. The summed E-state index contributed by atoms with van der Waals surface area (Å²) in [7, 11) is -7.92. The third-order valence-electron chi connectivity index (χ3n) is 4.20. The van der Waals surface area contributed by atoms with E-state index in [2.05, 4.69) is 10.5 Å². The van der Waals surface area contributed by atoms with Gasteiger partial charge in [-0.15, -0.1) is 0 Å². The molecule has 158 valence electrons. The van der Waals surface area contributed by atoms with Crippen LogP contribution in [0.2, 0.25) is 0 Å². The van der Waals surface area contributed by atoms with Crippen LogP contribution in [-0.4, -0.2) is 37.2 Å². The van der Waals surface area contributed by atoms with E-state index in [4.69, 9.17) is 18.1 Å². The van der Waals surface area contributed by atoms with Crippen molar-refractivity contribution in [2.24, 2.45) is 5.10 Å². The van der Waals surface area contributed by atoms with Crippen LogP contribution in [0.3, 0.4) is 0 Å². The monoisotopic (exact) mass is 432 g/mol. The van der Waals surface area contributed by atoms with Crippen molar-refractivity contribution in [1.82, 2.24) is 5.43 Å². The second kappa shape index (κ2) is 10.1. The quantitative estimate of drug-likeness (QED) is 0.476.